The van der Waals surface area contributed by atoms with Crippen molar-refractivity contribution in [3.8, 4) is 5.69 Å². The second kappa shape index (κ2) is 9.74. The zero-order chi connectivity index (χ0) is 24.4. The molecule has 178 valence electrons. The van der Waals surface area contributed by atoms with E-state index in [0.717, 1.165) is 42.3 Å². The van der Waals surface area contributed by atoms with Crippen LogP contribution in [-0.2, 0) is 19.5 Å². The fraction of sp³-hybridized carbons (Fsp3) is 0.276. The van der Waals surface area contributed by atoms with Crippen molar-refractivity contribution in [2.75, 3.05) is 11.4 Å². The first-order valence-electron chi connectivity index (χ1n) is 12.2. The number of benzene rings is 2. The average molecular weight is 466 g/mol. The number of fused-ring (bicyclic) bond motifs is 1. The van der Waals surface area contributed by atoms with Crippen LogP contribution in [0.3, 0.4) is 0 Å². The zero-order valence-corrected chi connectivity index (χ0v) is 20.5. The van der Waals surface area contributed by atoms with Gasteiger partial charge >= 0.3 is 0 Å². The number of hydrogen-bond acceptors (Lipinski definition) is 4. The number of hydrogen-bond donors (Lipinski definition) is 1. The minimum atomic E-state index is -0.122. The van der Waals surface area contributed by atoms with Gasteiger partial charge in [-0.3, -0.25) is 4.79 Å². The summed E-state index contributed by atoms with van der Waals surface area (Å²) in [4.78, 5) is 20.1. The number of rotatable bonds is 6. The Labute approximate surface area is 206 Å². The van der Waals surface area contributed by atoms with E-state index in [1.165, 1.54) is 16.7 Å². The molecule has 0 fully saturated rings. The number of carbonyl (C=O) groups is 1. The second-order valence-corrected chi connectivity index (χ2v) is 9.49. The van der Waals surface area contributed by atoms with E-state index >= 15 is 0 Å². The van der Waals surface area contributed by atoms with Crippen LogP contribution in [0.15, 0.2) is 73.1 Å². The van der Waals surface area contributed by atoms with Crippen molar-refractivity contribution >= 4 is 11.7 Å². The quantitative estimate of drug-likeness (QED) is 0.426. The molecule has 0 unspecified atom stereocenters. The number of nitrogens with zero attached hydrogens (tertiary/aromatic N) is 4. The number of nitrogens with one attached hydrogen (secondary N) is 1. The number of carbonyl (C=O) groups excluding carboxylic acids is 1. The SMILES string of the molecule is Cc1ccc(-n2ncc(C(=O)NCc3ccc(N4CCc5ccccc5C4)nc3)c2C(C)C)cc1. The summed E-state index contributed by atoms with van der Waals surface area (Å²) in [6, 6.07) is 20.9. The van der Waals surface area contributed by atoms with E-state index in [9.17, 15) is 4.79 Å². The van der Waals surface area contributed by atoms with Gasteiger partial charge in [-0.25, -0.2) is 9.67 Å². The van der Waals surface area contributed by atoms with Crippen LogP contribution in [0.4, 0.5) is 5.82 Å². The van der Waals surface area contributed by atoms with E-state index in [-0.39, 0.29) is 11.8 Å². The molecule has 5 rings (SSSR count). The maximum atomic E-state index is 13.1. The van der Waals surface area contributed by atoms with E-state index in [2.05, 4.69) is 77.5 Å². The van der Waals surface area contributed by atoms with Crippen LogP contribution in [0.5, 0.6) is 0 Å². The van der Waals surface area contributed by atoms with E-state index in [4.69, 9.17) is 0 Å². The molecule has 0 aliphatic carbocycles. The summed E-state index contributed by atoms with van der Waals surface area (Å²) in [5.41, 5.74) is 7.42. The maximum Gasteiger partial charge on any atom is 0.255 e. The molecule has 2 aromatic carbocycles. The highest BCUT2D eigenvalue weighted by Gasteiger charge is 2.21. The Kier molecular flexibility index (Phi) is 6.36. The lowest BCUT2D eigenvalue weighted by molar-refractivity contribution is 0.0949. The topological polar surface area (TPSA) is 63.1 Å². The van der Waals surface area contributed by atoms with Crippen LogP contribution in [0, 0.1) is 6.92 Å². The second-order valence-electron chi connectivity index (χ2n) is 9.49. The molecule has 1 amide bonds. The van der Waals surface area contributed by atoms with Gasteiger partial charge in [0.1, 0.15) is 5.82 Å². The van der Waals surface area contributed by atoms with Gasteiger partial charge in [0.15, 0.2) is 0 Å². The van der Waals surface area contributed by atoms with Gasteiger partial charge < -0.3 is 10.2 Å². The Hall–Kier alpha value is -3.93. The molecule has 35 heavy (non-hydrogen) atoms. The van der Waals surface area contributed by atoms with Crippen molar-refractivity contribution in [1.82, 2.24) is 20.1 Å². The monoisotopic (exact) mass is 465 g/mol. The smallest absolute Gasteiger partial charge is 0.255 e. The summed E-state index contributed by atoms with van der Waals surface area (Å²) >= 11 is 0. The number of aromatic nitrogens is 3. The van der Waals surface area contributed by atoms with Crippen molar-refractivity contribution in [2.45, 2.75) is 46.2 Å². The molecule has 4 aromatic rings. The highest BCUT2D eigenvalue weighted by molar-refractivity contribution is 5.95. The lowest BCUT2D eigenvalue weighted by atomic mass is 10.00. The molecule has 0 bridgehead atoms. The average Bonchev–Trinajstić information content (AvgIpc) is 3.33. The van der Waals surface area contributed by atoms with Gasteiger partial charge in [0, 0.05) is 25.8 Å². The van der Waals surface area contributed by atoms with Crippen LogP contribution in [0.25, 0.3) is 5.69 Å². The van der Waals surface area contributed by atoms with Gasteiger partial charge in [0.05, 0.1) is 23.1 Å². The number of anilines is 1. The zero-order valence-electron chi connectivity index (χ0n) is 20.5. The molecule has 0 saturated heterocycles. The van der Waals surface area contributed by atoms with Gasteiger partial charge in [-0.15, -0.1) is 0 Å². The molecule has 3 heterocycles. The fourth-order valence-corrected chi connectivity index (χ4v) is 4.66. The third-order valence-corrected chi connectivity index (χ3v) is 6.59. The van der Waals surface area contributed by atoms with Gasteiger partial charge in [-0.05, 0) is 54.2 Å². The standard InChI is InChI=1S/C29H31N5O/c1-20(2)28-26(18-32-34(28)25-11-8-21(3)9-12-25)29(35)31-17-22-10-13-27(30-16-22)33-15-14-23-6-4-5-7-24(23)19-33/h4-13,16,18,20H,14-15,17,19H2,1-3H3,(H,31,35). The van der Waals surface area contributed by atoms with Crippen molar-refractivity contribution in [1.29, 1.82) is 0 Å². The maximum absolute atomic E-state index is 13.1. The fourth-order valence-electron chi connectivity index (χ4n) is 4.66. The van der Waals surface area contributed by atoms with Crippen molar-refractivity contribution in [3.63, 3.8) is 0 Å². The van der Waals surface area contributed by atoms with Crippen molar-refractivity contribution < 1.29 is 4.79 Å². The van der Waals surface area contributed by atoms with Gasteiger partial charge in [-0.1, -0.05) is 61.9 Å². The summed E-state index contributed by atoms with van der Waals surface area (Å²) in [7, 11) is 0. The van der Waals surface area contributed by atoms with Crippen LogP contribution < -0.4 is 10.2 Å². The molecule has 0 spiro atoms. The molecule has 1 N–H and O–H groups in total. The molecular formula is C29H31N5O. The highest BCUT2D eigenvalue weighted by Crippen LogP contribution is 2.25. The number of pyridine rings is 1. The molecule has 6 heteroatoms. The van der Waals surface area contributed by atoms with Crippen molar-refractivity contribution in [3.05, 3.63) is 107 Å². The van der Waals surface area contributed by atoms with E-state index in [1.807, 2.05) is 35.1 Å². The molecule has 6 nitrogen and oxygen atoms in total. The highest BCUT2D eigenvalue weighted by atomic mass is 16.1. The number of aryl methyl sites for hydroxylation is 1. The summed E-state index contributed by atoms with van der Waals surface area (Å²) in [6.45, 7) is 8.48. The summed E-state index contributed by atoms with van der Waals surface area (Å²) in [5, 5.41) is 7.58. The molecule has 1 aliphatic rings. The van der Waals surface area contributed by atoms with Crippen LogP contribution >= 0.6 is 0 Å². The normalized spacial score (nSPS) is 13.1. The van der Waals surface area contributed by atoms with Gasteiger partial charge in [0.2, 0.25) is 0 Å². The largest absolute Gasteiger partial charge is 0.352 e. The molecule has 0 atom stereocenters. The lowest BCUT2D eigenvalue weighted by Crippen LogP contribution is -2.31. The van der Waals surface area contributed by atoms with Crippen LogP contribution in [0.1, 0.15) is 58.1 Å². The minimum Gasteiger partial charge on any atom is -0.352 e. The molecule has 2 aromatic heterocycles. The summed E-state index contributed by atoms with van der Waals surface area (Å²) in [6.07, 6.45) is 4.55. The Morgan fingerprint density at radius 2 is 1.77 bits per heavy atom. The Balaban J connectivity index is 1.26. The van der Waals surface area contributed by atoms with E-state index < -0.39 is 0 Å². The Morgan fingerprint density at radius 1 is 1.00 bits per heavy atom. The Morgan fingerprint density at radius 3 is 2.49 bits per heavy atom. The minimum absolute atomic E-state index is 0.122. The predicted octanol–water partition coefficient (Wildman–Crippen LogP) is 5.19. The third-order valence-electron chi connectivity index (χ3n) is 6.59. The molecule has 0 radical (unpaired) electrons. The molecule has 1 aliphatic heterocycles. The summed E-state index contributed by atoms with van der Waals surface area (Å²) in [5.74, 6) is 0.995. The third kappa shape index (κ3) is 4.83. The first kappa shape index (κ1) is 22.8. The van der Waals surface area contributed by atoms with Crippen LogP contribution in [0.2, 0.25) is 0 Å². The lowest BCUT2D eigenvalue weighted by Gasteiger charge is -2.29. The van der Waals surface area contributed by atoms with E-state index in [1.54, 1.807) is 6.20 Å². The number of amides is 1. The molecule has 0 saturated carbocycles. The Bertz CT molecular complexity index is 1320. The predicted molar refractivity (Wildman–Crippen MR) is 139 cm³/mol. The first-order chi connectivity index (χ1) is 17.0. The summed E-state index contributed by atoms with van der Waals surface area (Å²) < 4.78 is 1.87. The van der Waals surface area contributed by atoms with Crippen LogP contribution in [-0.4, -0.2) is 27.2 Å². The van der Waals surface area contributed by atoms with Crippen molar-refractivity contribution in [2.24, 2.45) is 0 Å². The first-order valence-corrected chi connectivity index (χ1v) is 12.2. The molecular weight excluding hydrogens is 434 g/mol. The van der Waals surface area contributed by atoms with E-state index in [0.29, 0.717) is 12.1 Å². The van der Waals surface area contributed by atoms with Gasteiger partial charge in [0.25, 0.3) is 5.91 Å². The van der Waals surface area contributed by atoms with Gasteiger partial charge in [-0.2, -0.15) is 5.10 Å².